The smallest absolute Gasteiger partial charge is 0.258 e. The van der Waals surface area contributed by atoms with E-state index in [0.717, 1.165) is 42.6 Å². The lowest BCUT2D eigenvalue weighted by Crippen LogP contribution is -2.46. The fourth-order valence-corrected chi connectivity index (χ4v) is 2.55. The predicted octanol–water partition coefficient (Wildman–Crippen LogP) is 2.10. The van der Waals surface area contributed by atoms with E-state index in [2.05, 4.69) is 5.32 Å². The highest BCUT2D eigenvalue weighted by atomic mass is 16.5. The Morgan fingerprint density at radius 3 is 2.85 bits per heavy atom. The maximum atomic E-state index is 11.9. The highest BCUT2D eigenvalue weighted by Crippen LogP contribution is 2.21. The fourth-order valence-electron chi connectivity index (χ4n) is 2.55. The zero-order valence-corrected chi connectivity index (χ0v) is 12.2. The van der Waals surface area contributed by atoms with Gasteiger partial charge < -0.3 is 15.2 Å². The van der Waals surface area contributed by atoms with Gasteiger partial charge in [0.15, 0.2) is 6.61 Å². The third kappa shape index (κ3) is 3.73. The van der Waals surface area contributed by atoms with Crippen LogP contribution in [0.25, 0.3) is 0 Å². The molecule has 0 unspecified atom stereocenters. The Labute approximate surface area is 120 Å². The maximum Gasteiger partial charge on any atom is 0.258 e. The summed E-state index contributed by atoms with van der Waals surface area (Å²) in [6, 6.07) is 5.67. The molecule has 110 valence electrons. The maximum absolute atomic E-state index is 11.9. The van der Waals surface area contributed by atoms with Gasteiger partial charge in [-0.1, -0.05) is 25.0 Å². The number of ether oxygens (including phenoxy) is 1. The molecular weight excluding hydrogens is 254 g/mol. The van der Waals surface area contributed by atoms with Crippen LogP contribution in [-0.4, -0.2) is 29.8 Å². The van der Waals surface area contributed by atoms with E-state index in [4.69, 9.17) is 4.74 Å². The van der Waals surface area contributed by atoms with Crippen LogP contribution in [-0.2, 0) is 4.79 Å². The van der Waals surface area contributed by atoms with E-state index in [-0.39, 0.29) is 18.6 Å². The number of hydrogen-bond donors (Lipinski definition) is 2. The predicted molar refractivity (Wildman–Crippen MR) is 77.8 cm³/mol. The van der Waals surface area contributed by atoms with E-state index < -0.39 is 6.10 Å². The van der Waals surface area contributed by atoms with E-state index in [0.29, 0.717) is 0 Å². The molecule has 2 rings (SSSR count). The molecule has 1 aliphatic carbocycles. The summed E-state index contributed by atoms with van der Waals surface area (Å²) in [5.74, 6) is 0.571. The normalized spacial score (nSPS) is 22.4. The van der Waals surface area contributed by atoms with Crippen LogP contribution in [0, 0.1) is 13.8 Å². The molecule has 0 aromatic heterocycles. The Kier molecular flexibility index (Phi) is 5.01. The van der Waals surface area contributed by atoms with Gasteiger partial charge in [-0.2, -0.15) is 0 Å². The summed E-state index contributed by atoms with van der Waals surface area (Å²) in [6.07, 6.45) is 3.28. The molecule has 1 aromatic carbocycles. The minimum absolute atomic E-state index is 0.00644. The van der Waals surface area contributed by atoms with E-state index in [1.54, 1.807) is 0 Å². The number of carbonyl (C=O) groups excluding carboxylic acids is 1. The standard InChI is InChI=1S/C16H23NO3/c1-11-6-5-9-15(12(11)2)20-10-16(19)17-13-7-3-4-8-14(13)18/h5-6,9,13-14,18H,3-4,7-8,10H2,1-2H3,(H,17,19)/t13-,14-/m0/s1. The molecule has 0 heterocycles. The molecule has 20 heavy (non-hydrogen) atoms. The summed E-state index contributed by atoms with van der Waals surface area (Å²) in [5, 5.41) is 12.7. The minimum Gasteiger partial charge on any atom is -0.483 e. The molecule has 0 spiro atoms. The van der Waals surface area contributed by atoms with E-state index >= 15 is 0 Å². The van der Waals surface area contributed by atoms with Crippen molar-refractivity contribution in [2.45, 2.75) is 51.7 Å². The van der Waals surface area contributed by atoms with Gasteiger partial charge in [0, 0.05) is 0 Å². The van der Waals surface area contributed by atoms with Gasteiger partial charge in [0.1, 0.15) is 5.75 Å². The first-order valence-electron chi connectivity index (χ1n) is 7.24. The van der Waals surface area contributed by atoms with Crippen molar-refractivity contribution >= 4 is 5.91 Å². The van der Waals surface area contributed by atoms with Gasteiger partial charge in [-0.25, -0.2) is 0 Å². The average molecular weight is 277 g/mol. The van der Waals surface area contributed by atoms with Crippen LogP contribution in [0.4, 0.5) is 0 Å². The minimum atomic E-state index is -0.423. The Hall–Kier alpha value is -1.55. The van der Waals surface area contributed by atoms with Gasteiger partial charge in [0.05, 0.1) is 12.1 Å². The second kappa shape index (κ2) is 6.75. The van der Waals surface area contributed by atoms with Gasteiger partial charge in [0.2, 0.25) is 0 Å². The van der Waals surface area contributed by atoms with Crippen LogP contribution in [0.2, 0.25) is 0 Å². The third-order valence-electron chi connectivity index (χ3n) is 3.99. The molecule has 4 nitrogen and oxygen atoms in total. The quantitative estimate of drug-likeness (QED) is 0.886. The molecule has 0 aliphatic heterocycles. The van der Waals surface area contributed by atoms with Gasteiger partial charge in [0.25, 0.3) is 5.91 Å². The van der Waals surface area contributed by atoms with Crippen molar-refractivity contribution in [3.05, 3.63) is 29.3 Å². The molecule has 1 fully saturated rings. The molecule has 0 bridgehead atoms. The number of carbonyl (C=O) groups is 1. The van der Waals surface area contributed by atoms with E-state index in [1.807, 2.05) is 32.0 Å². The van der Waals surface area contributed by atoms with Crippen LogP contribution in [0.1, 0.15) is 36.8 Å². The van der Waals surface area contributed by atoms with Crippen molar-refractivity contribution in [3.8, 4) is 5.75 Å². The van der Waals surface area contributed by atoms with Crippen molar-refractivity contribution in [1.29, 1.82) is 0 Å². The van der Waals surface area contributed by atoms with Crippen molar-refractivity contribution < 1.29 is 14.6 Å². The number of amides is 1. The summed E-state index contributed by atoms with van der Waals surface area (Å²) in [4.78, 5) is 11.9. The van der Waals surface area contributed by atoms with Crippen molar-refractivity contribution in [2.75, 3.05) is 6.61 Å². The number of aryl methyl sites for hydroxylation is 1. The van der Waals surface area contributed by atoms with Crippen molar-refractivity contribution in [3.63, 3.8) is 0 Å². The Morgan fingerprint density at radius 2 is 2.10 bits per heavy atom. The van der Waals surface area contributed by atoms with Crippen molar-refractivity contribution in [1.82, 2.24) is 5.32 Å². The SMILES string of the molecule is Cc1cccc(OCC(=O)N[C@H]2CCCC[C@@H]2O)c1C. The summed E-state index contributed by atoms with van der Waals surface area (Å²) >= 11 is 0. The topological polar surface area (TPSA) is 58.6 Å². The molecule has 0 saturated heterocycles. The molecule has 0 radical (unpaired) electrons. The largest absolute Gasteiger partial charge is 0.483 e. The first-order valence-corrected chi connectivity index (χ1v) is 7.24. The lowest BCUT2D eigenvalue weighted by atomic mass is 9.92. The molecule has 4 heteroatoms. The second-order valence-corrected chi connectivity index (χ2v) is 5.51. The van der Waals surface area contributed by atoms with Crippen molar-refractivity contribution in [2.24, 2.45) is 0 Å². The fraction of sp³-hybridized carbons (Fsp3) is 0.562. The number of aliphatic hydroxyl groups is 1. The number of nitrogens with one attached hydrogen (secondary N) is 1. The number of hydrogen-bond acceptors (Lipinski definition) is 3. The summed E-state index contributed by atoms with van der Waals surface area (Å²) in [5.41, 5.74) is 2.20. The lowest BCUT2D eigenvalue weighted by molar-refractivity contribution is -0.125. The highest BCUT2D eigenvalue weighted by molar-refractivity contribution is 5.78. The average Bonchev–Trinajstić information content (AvgIpc) is 2.43. The zero-order chi connectivity index (χ0) is 14.5. The highest BCUT2D eigenvalue weighted by Gasteiger charge is 2.24. The first-order chi connectivity index (χ1) is 9.58. The van der Waals surface area contributed by atoms with Crippen LogP contribution >= 0.6 is 0 Å². The van der Waals surface area contributed by atoms with Crippen LogP contribution in [0.5, 0.6) is 5.75 Å². The Morgan fingerprint density at radius 1 is 1.35 bits per heavy atom. The van der Waals surface area contributed by atoms with E-state index in [9.17, 15) is 9.90 Å². The Balaban J connectivity index is 1.84. The van der Waals surface area contributed by atoms with Gasteiger partial charge >= 0.3 is 0 Å². The molecule has 1 aromatic rings. The van der Waals surface area contributed by atoms with E-state index in [1.165, 1.54) is 0 Å². The Bertz CT molecular complexity index is 473. The van der Waals surface area contributed by atoms with Gasteiger partial charge in [-0.15, -0.1) is 0 Å². The monoisotopic (exact) mass is 277 g/mol. The molecular formula is C16H23NO3. The van der Waals surface area contributed by atoms with Crippen LogP contribution in [0.3, 0.4) is 0 Å². The number of aliphatic hydroxyl groups excluding tert-OH is 1. The first kappa shape index (κ1) is 14.9. The van der Waals surface area contributed by atoms with Gasteiger partial charge in [-0.3, -0.25) is 4.79 Å². The molecule has 1 aliphatic rings. The molecule has 1 saturated carbocycles. The number of rotatable bonds is 4. The molecule has 2 N–H and O–H groups in total. The summed E-state index contributed by atoms with van der Waals surface area (Å²) in [7, 11) is 0. The lowest BCUT2D eigenvalue weighted by Gasteiger charge is -2.28. The zero-order valence-electron chi connectivity index (χ0n) is 12.2. The molecule has 1 amide bonds. The van der Waals surface area contributed by atoms with Crippen LogP contribution in [0.15, 0.2) is 18.2 Å². The summed E-state index contributed by atoms with van der Waals surface area (Å²) < 4.78 is 5.56. The van der Waals surface area contributed by atoms with Gasteiger partial charge in [-0.05, 0) is 43.9 Å². The molecule has 2 atom stereocenters. The second-order valence-electron chi connectivity index (χ2n) is 5.51. The number of benzene rings is 1. The van der Waals surface area contributed by atoms with Crippen LogP contribution < -0.4 is 10.1 Å². The summed E-state index contributed by atoms with van der Waals surface area (Å²) in [6.45, 7) is 3.99. The third-order valence-corrected chi connectivity index (χ3v) is 3.99.